The van der Waals surface area contributed by atoms with Crippen molar-refractivity contribution in [3.8, 4) is 11.5 Å². The maximum absolute atomic E-state index is 13.6. The van der Waals surface area contributed by atoms with Crippen molar-refractivity contribution in [2.75, 3.05) is 39.3 Å². The summed E-state index contributed by atoms with van der Waals surface area (Å²) in [7, 11) is 0. The Morgan fingerprint density at radius 1 is 1.11 bits per heavy atom. The summed E-state index contributed by atoms with van der Waals surface area (Å²) in [4.78, 5) is 14.6. The monoisotopic (exact) mass is 411 g/mol. The Labute approximate surface area is 169 Å². The van der Waals surface area contributed by atoms with Gasteiger partial charge in [-0.1, -0.05) is 0 Å². The van der Waals surface area contributed by atoms with Gasteiger partial charge in [0.2, 0.25) is 0 Å². The first-order chi connectivity index (χ1) is 13.1. The number of rotatable bonds is 7. The Morgan fingerprint density at radius 3 is 2.50 bits per heavy atom. The standard InChI is InChI=1S/C20H23F2N3O2.ClH/c21-16-4-7-19(18(22)14-16)27-17-5-2-15(3-6-17)20(26)24-8-1-11-25-12-9-23-10-13-25;/h2-7,14,23H,1,8-13H2,(H,24,26);1H. The predicted molar refractivity (Wildman–Crippen MR) is 106 cm³/mol. The van der Waals surface area contributed by atoms with Crippen LogP contribution in [0, 0.1) is 11.6 Å². The summed E-state index contributed by atoms with van der Waals surface area (Å²) in [6, 6.07) is 9.50. The quantitative estimate of drug-likeness (QED) is 0.687. The number of carbonyl (C=O) groups is 1. The molecule has 28 heavy (non-hydrogen) atoms. The predicted octanol–water partition coefficient (Wildman–Crippen LogP) is 3.20. The van der Waals surface area contributed by atoms with Gasteiger partial charge in [0.15, 0.2) is 11.6 Å². The molecule has 0 bridgehead atoms. The van der Waals surface area contributed by atoms with Crippen molar-refractivity contribution in [2.45, 2.75) is 6.42 Å². The highest BCUT2D eigenvalue weighted by Crippen LogP contribution is 2.25. The molecule has 0 unspecified atom stereocenters. The van der Waals surface area contributed by atoms with Crippen LogP contribution in [0.3, 0.4) is 0 Å². The Kier molecular flexibility index (Phi) is 8.63. The van der Waals surface area contributed by atoms with Gasteiger partial charge in [0, 0.05) is 44.4 Å². The van der Waals surface area contributed by atoms with E-state index in [9.17, 15) is 13.6 Å². The van der Waals surface area contributed by atoms with E-state index in [-0.39, 0.29) is 24.1 Å². The fourth-order valence-electron chi connectivity index (χ4n) is 2.90. The largest absolute Gasteiger partial charge is 0.454 e. The normalized spacial score (nSPS) is 14.2. The maximum Gasteiger partial charge on any atom is 0.251 e. The Balaban J connectivity index is 0.00000280. The third-order valence-electron chi connectivity index (χ3n) is 4.38. The number of carbonyl (C=O) groups excluding carboxylic acids is 1. The molecule has 0 atom stereocenters. The number of hydrogen-bond acceptors (Lipinski definition) is 4. The van der Waals surface area contributed by atoms with Gasteiger partial charge in [0.25, 0.3) is 5.91 Å². The van der Waals surface area contributed by atoms with Crippen LogP contribution in [0.15, 0.2) is 42.5 Å². The second-order valence-electron chi connectivity index (χ2n) is 6.40. The van der Waals surface area contributed by atoms with E-state index in [1.54, 1.807) is 24.3 Å². The first kappa shape index (κ1) is 22.1. The van der Waals surface area contributed by atoms with E-state index in [1.165, 1.54) is 6.07 Å². The van der Waals surface area contributed by atoms with Gasteiger partial charge in [-0.05, 0) is 49.4 Å². The fraction of sp³-hybridized carbons (Fsp3) is 0.350. The summed E-state index contributed by atoms with van der Waals surface area (Å²) in [5.74, 6) is -1.29. The molecule has 152 valence electrons. The van der Waals surface area contributed by atoms with Gasteiger partial charge in [0.05, 0.1) is 0 Å². The molecule has 1 saturated heterocycles. The Bertz CT molecular complexity index is 769. The third kappa shape index (κ3) is 6.44. The van der Waals surface area contributed by atoms with Crippen molar-refractivity contribution < 1.29 is 18.3 Å². The molecule has 0 aromatic heterocycles. The number of hydrogen-bond donors (Lipinski definition) is 2. The molecule has 2 aromatic rings. The topological polar surface area (TPSA) is 53.6 Å². The lowest BCUT2D eigenvalue weighted by Gasteiger charge is -2.27. The second-order valence-corrected chi connectivity index (χ2v) is 6.40. The molecular formula is C20H24ClF2N3O2. The summed E-state index contributed by atoms with van der Waals surface area (Å²) in [6.45, 7) is 5.71. The van der Waals surface area contributed by atoms with Crippen molar-refractivity contribution in [3.05, 3.63) is 59.7 Å². The molecule has 0 aliphatic carbocycles. The SMILES string of the molecule is Cl.O=C(NCCCN1CCNCC1)c1ccc(Oc2ccc(F)cc2F)cc1. The van der Waals surface area contributed by atoms with Crippen LogP contribution in [-0.4, -0.2) is 50.1 Å². The summed E-state index contributed by atoms with van der Waals surface area (Å²) >= 11 is 0. The van der Waals surface area contributed by atoms with E-state index in [0.29, 0.717) is 17.9 Å². The Hall–Kier alpha value is -2.22. The van der Waals surface area contributed by atoms with Crippen LogP contribution < -0.4 is 15.4 Å². The highest BCUT2D eigenvalue weighted by molar-refractivity contribution is 5.94. The van der Waals surface area contributed by atoms with E-state index in [2.05, 4.69) is 15.5 Å². The molecule has 0 spiro atoms. The lowest BCUT2D eigenvalue weighted by atomic mass is 10.2. The second kappa shape index (κ2) is 10.9. The summed E-state index contributed by atoms with van der Waals surface area (Å²) in [6.07, 6.45) is 0.900. The van der Waals surface area contributed by atoms with Gasteiger partial charge in [-0.2, -0.15) is 0 Å². The van der Waals surface area contributed by atoms with E-state index in [1.807, 2.05) is 0 Å². The molecule has 5 nitrogen and oxygen atoms in total. The van der Waals surface area contributed by atoms with Crippen LogP contribution in [-0.2, 0) is 0 Å². The molecule has 0 saturated carbocycles. The zero-order chi connectivity index (χ0) is 19.1. The smallest absolute Gasteiger partial charge is 0.251 e. The van der Waals surface area contributed by atoms with Crippen LogP contribution in [0.5, 0.6) is 11.5 Å². The highest BCUT2D eigenvalue weighted by atomic mass is 35.5. The first-order valence-corrected chi connectivity index (χ1v) is 9.06. The number of ether oxygens (including phenoxy) is 1. The van der Waals surface area contributed by atoms with E-state index >= 15 is 0 Å². The van der Waals surface area contributed by atoms with Crippen molar-refractivity contribution in [1.29, 1.82) is 0 Å². The van der Waals surface area contributed by atoms with Gasteiger partial charge in [0.1, 0.15) is 11.6 Å². The third-order valence-corrected chi connectivity index (χ3v) is 4.38. The van der Waals surface area contributed by atoms with Crippen LogP contribution in [0.25, 0.3) is 0 Å². The van der Waals surface area contributed by atoms with E-state index in [0.717, 1.165) is 51.3 Å². The molecule has 2 N–H and O–H groups in total. The summed E-state index contributed by atoms with van der Waals surface area (Å²) in [5.41, 5.74) is 0.504. The number of nitrogens with one attached hydrogen (secondary N) is 2. The van der Waals surface area contributed by atoms with Gasteiger partial charge >= 0.3 is 0 Å². The van der Waals surface area contributed by atoms with Gasteiger partial charge < -0.3 is 20.3 Å². The minimum absolute atomic E-state index is 0. The van der Waals surface area contributed by atoms with Crippen molar-refractivity contribution in [3.63, 3.8) is 0 Å². The van der Waals surface area contributed by atoms with Gasteiger partial charge in [-0.25, -0.2) is 8.78 Å². The average Bonchev–Trinajstić information content (AvgIpc) is 2.69. The molecule has 1 aliphatic heterocycles. The van der Waals surface area contributed by atoms with Crippen molar-refractivity contribution in [2.24, 2.45) is 0 Å². The van der Waals surface area contributed by atoms with Crippen molar-refractivity contribution >= 4 is 18.3 Å². The number of nitrogens with zero attached hydrogens (tertiary/aromatic N) is 1. The molecule has 3 rings (SSSR count). The van der Waals surface area contributed by atoms with Crippen LogP contribution in [0.4, 0.5) is 8.78 Å². The molecular weight excluding hydrogens is 388 g/mol. The zero-order valence-electron chi connectivity index (χ0n) is 15.4. The number of piperazine rings is 1. The maximum atomic E-state index is 13.6. The van der Waals surface area contributed by atoms with Crippen LogP contribution in [0.1, 0.15) is 16.8 Å². The summed E-state index contributed by atoms with van der Waals surface area (Å²) < 4.78 is 31.9. The summed E-state index contributed by atoms with van der Waals surface area (Å²) in [5, 5.41) is 6.21. The molecule has 1 heterocycles. The number of halogens is 3. The zero-order valence-corrected chi connectivity index (χ0v) is 16.2. The average molecular weight is 412 g/mol. The van der Waals surface area contributed by atoms with E-state index in [4.69, 9.17) is 4.74 Å². The first-order valence-electron chi connectivity index (χ1n) is 9.06. The number of amides is 1. The minimum Gasteiger partial charge on any atom is -0.454 e. The van der Waals surface area contributed by atoms with Gasteiger partial charge in [-0.3, -0.25) is 4.79 Å². The fourth-order valence-corrected chi connectivity index (χ4v) is 2.90. The molecule has 0 radical (unpaired) electrons. The number of benzene rings is 2. The highest BCUT2D eigenvalue weighted by Gasteiger charge is 2.10. The molecule has 1 aliphatic rings. The lowest BCUT2D eigenvalue weighted by molar-refractivity contribution is 0.0951. The van der Waals surface area contributed by atoms with Crippen LogP contribution >= 0.6 is 12.4 Å². The minimum atomic E-state index is -0.777. The van der Waals surface area contributed by atoms with Gasteiger partial charge in [-0.15, -0.1) is 12.4 Å². The molecule has 1 fully saturated rings. The molecule has 8 heteroatoms. The lowest BCUT2D eigenvalue weighted by Crippen LogP contribution is -2.44. The van der Waals surface area contributed by atoms with Crippen molar-refractivity contribution in [1.82, 2.24) is 15.5 Å². The Morgan fingerprint density at radius 2 is 1.82 bits per heavy atom. The molecule has 2 aromatic carbocycles. The van der Waals surface area contributed by atoms with Crippen LogP contribution in [0.2, 0.25) is 0 Å². The van der Waals surface area contributed by atoms with E-state index < -0.39 is 11.6 Å². The molecule has 1 amide bonds.